The van der Waals surface area contributed by atoms with Crippen molar-refractivity contribution < 1.29 is 4.79 Å². The second-order valence-corrected chi connectivity index (χ2v) is 9.21. The van der Waals surface area contributed by atoms with Crippen molar-refractivity contribution in [3.8, 4) is 0 Å². The summed E-state index contributed by atoms with van der Waals surface area (Å²) in [5.74, 6) is 0.471. The predicted octanol–water partition coefficient (Wildman–Crippen LogP) is 2.91. The zero-order valence-electron chi connectivity index (χ0n) is 15.3. The van der Waals surface area contributed by atoms with E-state index in [1.807, 2.05) is 18.7 Å². The number of hydrogen-bond acceptors (Lipinski definition) is 6. The molecule has 3 rings (SSSR count). The molecule has 2 heterocycles. The van der Waals surface area contributed by atoms with E-state index < -0.39 is 0 Å². The Labute approximate surface area is 161 Å². The van der Waals surface area contributed by atoms with Crippen molar-refractivity contribution in [2.75, 3.05) is 0 Å². The van der Waals surface area contributed by atoms with Gasteiger partial charge in [0.25, 0.3) is 5.56 Å². The molecular weight excluding hydrogens is 368 g/mol. The van der Waals surface area contributed by atoms with Crippen LogP contribution in [-0.2, 0) is 11.2 Å². The molecule has 0 bridgehead atoms. The van der Waals surface area contributed by atoms with Crippen LogP contribution in [0.4, 0.5) is 0 Å². The number of rotatable bonds is 5. The molecule has 1 saturated carbocycles. The number of aromatic amines is 1. The third-order valence-electron chi connectivity index (χ3n) is 4.58. The van der Waals surface area contributed by atoms with E-state index in [1.165, 1.54) is 0 Å². The van der Waals surface area contributed by atoms with Crippen molar-refractivity contribution in [1.82, 2.24) is 20.3 Å². The molecule has 0 unspecified atom stereocenters. The van der Waals surface area contributed by atoms with Crippen molar-refractivity contribution in [3.05, 3.63) is 38.5 Å². The average molecular weight is 393 g/mol. The summed E-state index contributed by atoms with van der Waals surface area (Å²) in [6.45, 7) is 5.53. The Balaban J connectivity index is 1.48. The first-order valence-corrected chi connectivity index (χ1v) is 10.6. The predicted molar refractivity (Wildman–Crippen MR) is 105 cm³/mol. The fraction of sp³-hybridized carbons (Fsp3) is 0.556. The number of carbonyl (C=O) groups excluding carboxylic acids is 1. The smallest absolute Gasteiger partial charge is 0.254 e. The van der Waals surface area contributed by atoms with Crippen LogP contribution in [0, 0.1) is 20.8 Å². The standard InChI is InChI=1S/C18H24N4O2S2/c1-10-9-25-18(19-10)26-14-6-4-13(5-7-14)22-16(23)8-15-11(2)20-12(3)21-17(15)24/h9,13-14H,4-8H2,1-3H3,(H,22,23)(H,20,21,24). The van der Waals surface area contributed by atoms with Crippen LogP contribution in [0.15, 0.2) is 14.5 Å². The van der Waals surface area contributed by atoms with E-state index >= 15 is 0 Å². The van der Waals surface area contributed by atoms with E-state index in [-0.39, 0.29) is 23.9 Å². The Kier molecular flexibility index (Phi) is 6.13. The molecule has 8 heteroatoms. The average Bonchev–Trinajstić information content (AvgIpc) is 2.98. The van der Waals surface area contributed by atoms with Crippen LogP contribution in [0.5, 0.6) is 0 Å². The van der Waals surface area contributed by atoms with Gasteiger partial charge in [0, 0.05) is 33.6 Å². The maximum Gasteiger partial charge on any atom is 0.254 e. The lowest BCUT2D eigenvalue weighted by Crippen LogP contribution is -2.39. The van der Waals surface area contributed by atoms with Crippen LogP contribution >= 0.6 is 23.1 Å². The first-order valence-electron chi connectivity index (χ1n) is 8.85. The number of aromatic nitrogens is 3. The molecule has 2 aromatic heterocycles. The number of aryl methyl sites for hydroxylation is 3. The molecular formula is C18H24N4O2S2. The van der Waals surface area contributed by atoms with Gasteiger partial charge in [-0.2, -0.15) is 0 Å². The lowest BCUT2D eigenvalue weighted by Gasteiger charge is -2.28. The lowest BCUT2D eigenvalue weighted by atomic mass is 9.95. The summed E-state index contributed by atoms with van der Waals surface area (Å²) in [6, 6.07) is 0.190. The Morgan fingerprint density at radius 1 is 1.27 bits per heavy atom. The number of nitrogens with zero attached hydrogens (tertiary/aromatic N) is 2. The topological polar surface area (TPSA) is 87.7 Å². The van der Waals surface area contributed by atoms with E-state index in [9.17, 15) is 9.59 Å². The maximum absolute atomic E-state index is 12.3. The Bertz CT molecular complexity index is 838. The molecule has 1 aliphatic rings. The molecule has 0 saturated heterocycles. The van der Waals surface area contributed by atoms with Gasteiger partial charge in [-0.05, 0) is 46.5 Å². The Morgan fingerprint density at radius 3 is 2.62 bits per heavy atom. The van der Waals surface area contributed by atoms with Gasteiger partial charge in [-0.1, -0.05) is 11.8 Å². The van der Waals surface area contributed by atoms with Crippen molar-refractivity contribution in [2.24, 2.45) is 0 Å². The van der Waals surface area contributed by atoms with E-state index in [0.29, 0.717) is 22.3 Å². The van der Waals surface area contributed by atoms with Gasteiger partial charge in [0.05, 0.1) is 6.42 Å². The van der Waals surface area contributed by atoms with Crippen molar-refractivity contribution >= 4 is 29.0 Å². The quantitative estimate of drug-likeness (QED) is 0.817. The first kappa shape index (κ1) is 19.1. The number of thioether (sulfide) groups is 1. The SMILES string of the molecule is Cc1csc(SC2CCC(NC(=O)Cc3c(C)nc(C)[nH]c3=O)CC2)n1. The number of hydrogen-bond donors (Lipinski definition) is 2. The molecule has 0 aromatic carbocycles. The minimum Gasteiger partial charge on any atom is -0.353 e. The van der Waals surface area contributed by atoms with Crippen molar-refractivity contribution in [1.29, 1.82) is 0 Å². The van der Waals surface area contributed by atoms with Gasteiger partial charge in [-0.3, -0.25) is 9.59 Å². The first-order chi connectivity index (χ1) is 12.4. The van der Waals surface area contributed by atoms with Crippen LogP contribution in [0.1, 0.15) is 48.5 Å². The molecule has 1 amide bonds. The molecule has 6 nitrogen and oxygen atoms in total. The van der Waals surface area contributed by atoms with E-state index in [1.54, 1.807) is 25.2 Å². The number of H-pyrrole nitrogens is 1. The van der Waals surface area contributed by atoms with Crippen LogP contribution in [-0.4, -0.2) is 32.2 Å². The second-order valence-electron chi connectivity index (χ2n) is 6.81. The normalized spacial score (nSPS) is 20.1. The monoisotopic (exact) mass is 392 g/mol. The van der Waals surface area contributed by atoms with Crippen molar-refractivity contribution in [2.45, 2.75) is 68.5 Å². The summed E-state index contributed by atoms with van der Waals surface area (Å²) >= 11 is 3.56. The molecule has 2 aromatic rings. The molecule has 0 spiro atoms. The molecule has 26 heavy (non-hydrogen) atoms. The summed E-state index contributed by atoms with van der Waals surface area (Å²) < 4.78 is 1.14. The fourth-order valence-electron chi connectivity index (χ4n) is 3.25. The van der Waals surface area contributed by atoms with Gasteiger partial charge in [-0.25, -0.2) is 9.97 Å². The van der Waals surface area contributed by atoms with E-state index in [4.69, 9.17) is 0 Å². The van der Waals surface area contributed by atoms with Gasteiger partial charge in [0.1, 0.15) is 10.2 Å². The number of thiazole rings is 1. The summed E-state index contributed by atoms with van der Waals surface area (Å²) in [5.41, 5.74) is 1.94. The van der Waals surface area contributed by atoms with E-state index in [2.05, 4.69) is 25.6 Å². The maximum atomic E-state index is 12.3. The number of carbonyl (C=O) groups is 1. The minimum atomic E-state index is -0.219. The molecule has 0 radical (unpaired) electrons. The molecule has 140 valence electrons. The second kappa shape index (κ2) is 8.35. The lowest BCUT2D eigenvalue weighted by molar-refractivity contribution is -0.121. The van der Waals surface area contributed by atoms with E-state index in [0.717, 1.165) is 35.7 Å². The number of amides is 1. The summed E-state index contributed by atoms with van der Waals surface area (Å²) in [7, 11) is 0. The summed E-state index contributed by atoms with van der Waals surface area (Å²) in [5, 5.41) is 5.73. The van der Waals surface area contributed by atoms with Gasteiger partial charge in [0.15, 0.2) is 0 Å². The third-order valence-corrected chi connectivity index (χ3v) is 7.01. The minimum absolute atomic E-state index is 0.0848. The highest BCUT2D eigenvalue weighted by Crippen LogP contribution is 2.35. The zero-order chi connectivity index (χ0) is 18.7. The van der Waals surface area contributed by atoms with Crippen molar-refractivity contribution in [3.63, 3.8) is 0 Å². The Hall–Kier alpha value is -1.67. The molecule has 0 aliphatic heterocycles. The van der Waals surface area contributed by atoms with Crippen LogP contribution in [0.2, 0.25) is 0 Å². The third kappa shape index (κ3) is 4.94. The van der Waals surface area contributed by atoms with Crippen LogP contribution in [0.25, 0.3) is 0 Å². The molecule has 0 atom stereocenters. The van der Waals surface area contributed by atoms with Gasteiger partial charge < -0.3 is 10.3 Å². The van der Waals surface area contributed by atoms with Gasteiger partial charge in [-0.15, -0.1) is 11.3 Å². The van der Waals surface area contributed by atoms with Crippen LogP contribution < -0.4 is 10.9 Å². The van der Waals surface area contributed by atoms with Gasteiger partial charge in [0.2, 0.25) is 5.91 Å². The molecule has 1 aliphatic carbocycles. The highest BCUT2D eigenvalue weighted by molar-refractivity contribution is 8.01. The highest BCUT2D eigenvalue weighted by atomic mass is 32.2. The Morgan fingerprint density at radius 2 is 2.00 bits per heavy atom. The fourth-order valence-corrected chi connectivity index (χ4v) is 5.54. The summed E-state index contributed by atoms with van der Waals surface area (Å²) in [6.07, 6.45) is 4.16. The number of nitrogens with one attached hydrogen (secondary N) is 2. The highest BCUT2D eigenvalue weighted by Gasteiger charge is 2.24. The molecule has 1 fully saturated rings. The summed E-state index contributed by atoms with van der Waals surface area (Å²) in [4.78, 5) is 35.8. The molecule has 2 N–H and O–H groups in total. The van der Waals surface area contributed by atoms with Crippen LogP contribution in [0.3, 0.4) is 0 Å². The van der Waals surface area contributed by atoms with Gasteiger partial charge >= 0.3 is 0 Å². The zero-order valence-corrected chi connectivity index (χ0v) is 16.9. The largest absolute Gasteiger partial charge is 0.353 e.